The normalized spacial score (nSPS) is 14.8. The number of hydrogen-bond acceptors (Lipinski definition) is 4. The molecular formula is C17H17Cl2N5O2. The zero-order valence-electron chi connectivity index (χ0n) is 14.0. The fourth-order valence-electron chi connectivity index (χ4n) is 2.92. The van der Waals surface area contributed by atoms with E-state index in [4.69, 9.17) is 39.1 Å². The van der Waals surface area contributed by atoms with E-state index in [-0.39, 0.29) is 11.7 Å². The highest BCUT2D eigenvalue weighted by atomic mass is 35.5. The van der Waals surface area contributed by atoms with Crippen molar-refractivity contribution in [2.75, 3.05) is 5.32 Å². The molecule has 1 amide bonds. The van der Waals surface area contributed by atoms with Gasteiger partial charge in [0.05, 0.1) is 5.71 Å². The Morgan fingerprint density at radius 2 is 1.88 bits per heavy atom. The van der Waals surface area contributed by atoms with E-state index in [1.54, 1.807) is 25.1 Å². The lowest BCUT2D eigenvalue weighted by Crippen LogP contribution is -2.22. The van der Waals surface area contributed by atoms with Crippen LogP contribution in [0.4, 0.5) is 5.69 Å². The lowest BCUT2D eigenvalue weighted by atomic mass is 9.93. The smallest absolute Gasteiger partial charge is 0.291 e. The van der Waals surface area contributed by atoms with Gasteiger partial charge in [-0.2, -0.15) is 5.10 Å². The molecule has 136 valence electrons. The van der Waals surface area contributed by atoms with Gasteiger partial charge in [-0.15, -0.1) is 5.10 Å². The van der Waals surface area contributed by atoms with Crippen molar-refractivity contribution < 1.29 is 9.21 Å². The molecule has 0 radical (unpaired) electrons. The Labute approximate surface area is 160 Å². The third-order valence-electron chi connectivity index (χ3n) is 3.94. The topological polar surface area (TPSA) is 119 Å². The summed E-state index contributed by atoms with van der Waals surface area (Å²) in [6, 6.07) is 4.80. The number of fused-ring (bicyclic) bond motifs is 1. The Balaban J connectivity index is 1.93. The van der Waals surface area contributed by atoms with Gasteiger partial charge in [-0.3, -0.25) is 4.79 Å². The van der Waals surface area contributed by atoms with Crippen molar-refractivity contribution in [3.63, 3.8) is 0 Å². The predicted molar refractivity (Wildman–Crippen MR) is 103 cm³/mol. The van der Waals surface area contributed by atoms with Gasteiger partial charge in [-0.05, 0) is 38.0 Å². The Kier molecular flexibility index (Phi) is 5.20. The quantitative estimate of drug-likeness (QED) is 0.420. The summed E-state index contributed by atoms with van der Waals surface area (Å²) in [6.45, 7) is 1.80. The van der Waals surface area contributed by atoms with Crippen LogP contribution < -0.4 is 16.8 Å². The molecule has 1 aliphatic carbocycles. The van der Waals surface area contributed by atoms with Gasteiger partial charge in [0.15, 0.2) is 5.76 Å². The molecule has 0 aliphatic heterocycles. The van der Waals surface area contributed by atoms with E-state index in [1.165, 1.54) is 0 Å². The molecule has 0 unspecified atom stereocenters. The zero-order valence-corrected chi connectivity index (χ0v) is 15.5. The number of amides is 1. The zero-order chi connectivity index (χ0) is 18.8. The SMILES string of the molecule is Cc1c(C(=O)Nc2cc(Cl)cc(Cl)c2)oc2c1/C(=N/N=C(N)N)CCC2. The van der Waals surface area contributed by atoms with Gasteiger partial charge in [0.25, 0.3) is 5.91 Å². The Bertz CT molecular complexity index is 909. The van der Waals surface area contributed by atoms with Crippen molar-refractivity contribution >= 4 is 46.5 Å². The number of guanidine groups is 1. The van der Waals surface area contributed by atoms with Crippen molar-refractivity contribution in [1.82, 2.24) is 0 Å². The third kappa shape index (κ3) is 3.84. The number of rotatable bonds is 3. The second-order valence-corrected chi connectivity index (χ2v) is 6.76. The largest absolute Gasteiger partial charge is 0.455 e. The van der Waals surface area contributed by atoms with Crippen LogP contribution in [0.5, 0.6) is 0 Å². The van der Waals surface area contributed by atoms with E-state index < -0.39 is 5.91 Å². The van der Waals surface area contributed by atoms with Gasteiger partial charge in [0, 0.05) is 33.3 Å². The van der Waals surface area contributed by atoms with E-state index in [0.29, 0.717) is 45.6 Å². The van der Waals surface area contributed by atoms with Crippen LogP contribution in [0.1, 0.15) is 40.3 Å². The average Bonchev–Trinajstić information content (AvgIpc) is 2.89. The summed E-state index contributed by atoms with van der Waals surface area (Å²) in [7, 11) is 0. The van der Waals surface area contributed by atoms with Crippen molar-refractivity contribution in [3.05, 3.63) is 50.9 Å². The fourth-order valence-corrected chi connectivity index (χ4v) is 3.44. The van der Waals surface area contributed by atoms with Gasteiger partial charge >= 0.3 is 0 Å². The number of hydrogen-bond donors (Lipinski definition) is 3. The molecule has 5 N–H and O–H groups in total. The molecule has 0 spiro atoms. The van der Waals surface area contributed by atoms with Crippen molar-refractivity contribution in [2.45, 2.75) is 26.2 Å². The second kappa shape index (κ2) is 7.39. The van der Waals surface area contributed by atoms with Crippen LogP contribution in [0.3, 0.4) is 0 Å². The number of carbonyl (C=O) groups excluding carboxylic acids is 1. The second-order valence-electron chi connectivity index (χ2n) is 5.89. The van der Waals surface area contributed by atoms with Gasteiger partial charge in [-0.1, -0.05) is 23.2 Å². The van der Waals surface area contributed by atoms with Gasteiger partial charge in [-0.25, -0.2) is 0 Å². The molecule has 7 nitrogen and oxygen atoms in total. The van der Waals surface area contributed by atoms with Crippen LogP contribution >= 0.6 is 23.2 Å². The minimum Gasteiger partial charge on any atom is -0.455 e. The van der Waals surface area contributed by atoms with E-state index in [0.717, 1.165) is 12.0 Å². The summed E-state index contributed by atoms with van der Waals surface area (Å²) >= 11 is 11.9. The summed E-state index contributed by atoms with van der Waals surface area (Å²) in [6.07, 6.45) is 2.26. The molecule has 26 heavy (non-hydrogen) atoms. The molecular weight excluding hydrogens is 377 g/mol. The molecule has 9 heteroatoms. The maximum absolute atomic E-state index is 12.6. The summed E-state index contributed by atoms with van der Waals surface area (Å²) in [5.74, 6) is 0.399. The maximum atomic E-state index is 12.6. The number of anilines is 1. The van der Waals surface area contributed by atoms with Crippen LogP contribution in [0.25, 0.3) is 0 Å². The third-order valence-corrected chi connectivity index (χ3v) is 4.37. The average molecular weight is 394 g/mol. The number of benzene rings is 1. The Morgan fingerprint density at radius 3 is 2.54 bits per heavy atom. The van der Waals surface area contributed by atoms with Crippen LogP contribution in [-0.4, -0.2) is 17.6 Å². The van der Waals surface area contributed by atoms with E-state index in [2.05, 4.69) is 15.5 Å². The van der Waals surface area contributed by atoms with Crippen molar-refractivity contribution in [1.29, 1.82) is 0 Å². The number of aryl methyl sites for hydroxylation is 1. The highest BCUT2D eigenvalue weighted by molar-refractivity contribution is 6.35. The summed E-state index contributed by atoms with van der Waals surface area (Å²) in [4.78, 5) is 12.6. The van der Waals surface area contributed by atoms with E-state index >= 15 is 0 Å². The number of nitrogens with two attached hydrogens (primary N) is 2. The molecule has 0 saturated heterocycles. The number of nitrogens with zero attached hydrogens (tertiary/aromatic N) is 2. The van der Waals surface area contributed by atoms with E-state index in [9.17, 15) is 4.79 Å². The van der Waals surface area contributed by atoms with E-state index in [1.807, 2.05) is 0 Å². The highest BCUT2D eigenvalue weighted by Crippen LogP contribution is 2.31. The molecule has 2 aromatic rings. The standard InChI is InChI=1S/C17H17Cl2N5O2/c1-8-14-12(23-24-17(20)21)3-2-4-13(14)26-15(8)16(25)22-11-6-9(18)5-10(19)7-11/h5-7H,2-4H2,1H3,(H,22,25)(H4,20,21,24)/b23-12+. The highest BCUT2D eigenvalue weighted by Gasteiger charge is 2.28. The van der Waals surface area contributed by atoms with Crippen molar-refractivity contribution in [3.8, 4) is 0 Å². The number of carbonyl (C=O) groups is 1. The molecule has 1 aromatic heterocycles. The van der Waals surface area contributed by atoms with Crippen molar-refractivity contribution in [2.24, 2.45) is 21.7 Å². The van der Waals surface area contributed by atoms with Gasteiger partial charge < -0.3 is 21.2 Å². The molecule has 0 atom stereocenters. The monoisotopic (exact) mass is 393 g/mol. The molecule has 1 aromatic carbocycles. The lowest BCUT2D eigenvalue weighted by molar-refractivity contribution is 0.0994. The minimum atomic E-state index is -0.392. The van der Waals surface area contributed by atoms with Gasteiger partial charge in [0.2, 0.25) is 5.96 Å². The fraction of sp³-hybridized carbons (Fsp3) is 0.235. The molecule has 0 saturated carbocycles. The number of nitrogens with one attached hydrogen (secondary N) is 1. The first-order valence-corrected chi connectivity index (χ1v) is 8.66. The first kappa shape index (κ1) is 18.3. The molecule has 1 aliphatic rings. The van der Waals surface area contributed by atoms with Crippen LogP contribution in [-0.2, 0) is 6.42 Å². The molecule has 3 rings (SSSR count). The van der Waals surface area contributed by atoms with Gasteiger partial charge in [0.1, 0.15) is 5.76 Å². The Hall–Kier alpha value is -2.51. The predicted octanol–water partition coefficient (Wildman–Crippen LogP) is 3.46. The lowest BCUT2D eigenvalue weighted by Gasteiger charge is -2.11. The number of furan rings is 1. The summed E-state index contributed by atoms with van der Waals surface area (Å²) in [5, 5.41) is 11.4. The Morgan fingerprint density at radius 1 is 1.19 bits per heavy atom. The first-order chi connectivity index (χ1) is 12.3. The van der Waals surface area contributed by atoms with Crippen LogP contribution in [0.2, 0.25) is 10.0 Å². The molecule has 0 fully saturated rings. The first-order valence-electron chi connectivity index (χ1n) is 7.90. The molecule has 0 bridgehead atoms. The van der Waals surface area contributed by atoms with Crippen LogP contribution in [0, 0.1) is 6.92 Å². The summed E-state index contributed by atoms with van der Waals surface area (Å²) < 4.78 is 5.80. The molecule has 1 heterocycles. The van der Waals surface area contributed by atoms with Crippen LogP contribution in [0.15, 0.2) is 32.8 Å². The minimum absolute atomic E-state index is 0.124. The number of halogens is 2. The summed E-state index contributed by atoms with van der Waals surface area (Å²) in [5.41, 5.74) is 13.3. The maximum Gasteiger partial charge on any atom is 0.291 e.